The summed E-state index contributed by atoms with van der Waals surface area (Å²) in [4.78, 5) is 50.9. The molecule has 0 aliphatic carbocycles. The van der Waals surface area contributed by atoms with E-state index in [0.29, 0.717) is 11.3 Å². The second-order valence-electron chi connectivity index (χ2n) is 7.34. The molecule has 3 amide bonds. The zero-order valence-corrected chi connectivity index (χ0v) is 18.9. The third kappa shape index (κ3) is 3.78. The molecule has 2 N–H and O–H groups in total. The third-order valence-electron chi connectivity index (χ3n) is 5.31. The van der Waals surface area contributed by atoms with Crippen molar-refractivity contribution in [1.82, 2.24) is 5.32 Å². The van der Waals surface area contributed by atoms with Gasteiger partial charge in [-0.3, -0.25) is 19.2 Å². The summed E-state index contributed by atoms with van der Waals surface area (Å²) in [5.74, 6) is -2.51. The first-order valence-corrected chi connectivity index (χ1v) is 10.8. The van der Waals surface area contributed by atoms with Gasteiger partial charge in [-0.15, -0.1) is 11.3 Å². The van der Waals surface area contributed by atoms with Crippen LogP contribution in [-0.4, -0.2) is 42.5 Å². The lowest BCUT2D eigenvalue weighted by Crippen LogP contribution is -2.29. The van der Waals surface area contributed by atoms with Gasteiger partial charge in [-0.2, -0.15) is 5.26 Å². The highest BCUT2D eigenvalue weighted by Crippen LogP contribution is 2.44. The standard InChI is InChI=1S/C24H17N3O6S/c1-12-20(13-3-6-15(33-2)7-4-13)18(10-25)24(34-12)27-22(31)16-8-5-14(9-17(16)23(27)32)21(30)26-11-19(28)29/h3-9H,11H2,1-2H3,(H,26,30)(H,28,29). The van der Waals surface area contributed by atoms with Gasteiger partial charge in [0, 0.05) is 16.0 Å². The Bertz CT molecular complexity index is 1400. The Balaban J connectivity index is 1.73. The molecule has 34 heavy (non-hydrogen) atoms. The van der Waals surface area contributed by atoms with Gasteiger partial charge in [0.15, 0.2) is 0 Å². The highest BCUT2D eigenvalue weighted by atomic mass is 32.1. The number of aliphatic carboxylic acids is 1. The summed E-state index contributed by atoms with van der Waals surface area (Å²) < 4.78 is 5.18. The van der Waals surface area contributed by atoms with E-state index >= 15 is 0 Å². The van der Waals surface area contributed by atoms with Crippen molar-refractivity contribution in [3.63, 3.8) is 0 Å². The number of fused-ring (bicyclic) bond motifs is 1. The van der Waals surface area contributed by atoms with Crippen molar-refractivity contribution in [3.05, 3.63) is 69.6 Å². The summed E-state index contributed by atoms with van der Waals surface area (Å²) in [6.45, 7) is 1.22. The Morgan fingerprint density at radius 3 is 2.41 bits per heavy atom. The Kier molecular flexibility index (Phi) is 5.88. The third-order valence-corrected chi connectivity index (χ3v) is 6.40. The number of anilines is 1. The Morgan fingerprint density at radius 2 is 1.79 bits per heavy atom. The van der Waals surface area contributed by atoms with Crippen LogP contribution in [0.5, 0.6) is 5.75 Å². The van der Waals surface area contributed by atoms with Gasteiger partial charge in [0.2, 0.25) is 0 Å². The minimum Gasteiger partial charge on any atom is -0.497 e. The molecule has 0 saturated heterocycles. The highest BCUT2D eigenvalue weighted by molar-refractivity contribution is 7.17. The lowest BCUT2D eigenvalue weighted by Gasteiger charge is -2.12. The number of imide groups is 1. The predicted octanol–water partition coefficient (Wildman–Crippen LogP) is 3.22. The van der Waals surface area contributed by atoms with Crippen molar-refractivity contribution >= 4 is 40.0 Å². The fraction of sp³-hybridized carbons (Fsp3) is 0.125. The fourth-order valence-electron chi connectivity index (χ4n) is 3.72. The van der Waals surface area contributed by atoms with Gasteiger partial charge in [-0.25, -0.2) is 4.90 Å². The van der Waals surface area contributed by atoms with Crippen molar-refractivity contribution < 1.29 is 29.0 Å². The number of amides is 3. The molecule has 0 fully saturated rings. The number of carbonyl (C=O) groups excluding carboxylic acids is 3. The Hall–Kier alpha value is -4.49. The van der Waals surface area contributed by atoms with Gasteiger partial charge in [0.05, 0.1) is 23.8 Å². The van der Waals surface area contributed by atoms with E-state index in [4.69, 9.17) is 9.84 Å². The van der Waals surface area contributed by atoms with Gasteiger partial charge in [0.1, 0.15) is 23.4 Å². The summed E-state index contributed by atoms with van der Waals surface area (Å²) in [5.41, 5.74) is 1.71. The largest absolute Gasteiger partial charge is 0.497 e. The number of ether oxygens (including phenoxy) is 1. The van der Waals surface area contributed by atoms with Gasteiger partial charge in [-0.05, 0) is 42.8 Å². The molecule has 1 aliphatic heterocycles. The molecule has 0 bridgehead atoms. The molecule has 0 spiro atoms. The number of hydrogen-bond donors (Lipinski definition) is 2. The van der Waals surface area contributed by atoms with Crippen LogP contribution in [0.25, 0.3) is 11.1 Å². The number of nitriles is 1. The van der Waals surface area contributed by atoms with Crippen LogP contribution < -0.4 is 15.0 Å². The molecule has 2 aromatic carbocycles. The molecular weight excluding hydrogens is 458 g/mol. The average Bonchev–Trinajstić information content (AvgIpc) is 3.29. The van der Waals surface area contributed by atoms with Crippen LogP contribution in [0.4, 0.5) is 5.00 Å². The summed E-state index contributed by atoms with van der Waals surface area (Å²) in [6, 6.07) is 13.2. The van der Waals surface area contributed by atoms with E-state index < -0.39 is 30.2 Å². The number of hydrogen-bond acceptors (Lipinski definition) is 7. The van der Waals surface area contributed by atoms with Crippen molar-refractivity contribution in [1.29, 1.82) is 5.26 Å². The van der Waals surface area contributed by atoms with Crippen LogP contribution >= 0.6 is 11.3 Å². The molecule has 9 nitrogen and oxygen atoms in total. The smallest absolute Gasteiger partial charge is 0.322 e. The SMILES string of the molecule is COc1ccc(-c2c(C)sc(N3C(=O)c4ccc(C(=O)NCC(=O)O)cc4C3=O)c2C#N)cc1. The van der Waals surface area contributed by atoms with E-state index in [1.807, 2.05) is 0 Å². The Morgan fingerprint density at radius 1 is 1.12 bits per heavy atom. The van der Waals surface area contributed by atoms with Gasteiger partial charge < -0.3 is 15.2 Å². The molecule has 0 radical (unpaired) electrons. The minimum atomic E-state index is -1.21. The number of rotatable bonds is 6. The first kappa shape index (κ1) is 22.7. The Labute approximate surface area is 197 Å². The second-order valence-corrected chi connectivity index (χ2v) is 8.54. The van der Waals surface area contributed by atoms with E-state index in [9.17, 15) is 24.4 Å². The maximum Gasteiger partial charge on any atom is 0.322 e. The van der Waals surface area contributed by atoms with Crippen molar-refractivity contribution in [2.75, 3.05) is 18.6 Å². The summed E-state index contributed by atoms with van der Waals surface area (Å²) in [5, 5.41) is 21.1. The monoisotopic (exact) mass is 475 g/mol. The number of nitrogens with one attached hydrogen (secondary N) is 1. The maximum atomic E-state index is 13.2. The fourth-order valence-corrected chi connectivity index (χ4v) is 4.84. The van der Waals surface area contributed by atoms with Gasteiger partial charge >= 0.3 is 5.97 Å². The number of carboxylic acids is 1. The zero-order chi connectivity index (χ0) is 24.6. The summed E-state index contributed by atoms with van der Waals surface area (Å²) in [6.07, 6.45) is 0. The van der Waals surface area contributed by atoms with Crippen LogP contribution in [-0.2, 0) is 4.79 Å². The maximum absolute atomic E-state index is 13.2. The number of thiophene rings is 1. The lowest BCUT2D eigenvalue weighted by molar-refractivity contribution is -0.135. The predicted molar refractivity (Wildman–Crippen MR) is 123 cm³/mol. The zero-order valence-electron chi connectivity index (χ0n) is 18.0. The van der Waals surface area contributed by atoms with E-state index in [0.717, 1.165) is 26.7 Å². The highest BCUT2D eigenvalue weighted by Gasteiger charge is 2.40. The minimum absolute atomic E-state index is 0.00825. The van der Waals surface area contributed by atoms with Crippen LogP contribution in [0.15, 0.2) is 42.5 Å². The molecule has 1 aliphatic rings. The molecule has 4 rings (SSSR count). The van der Waals surface area contributed by atoms with Crippen molar-refractivity contribution in [2.24, 2.45) is 0 Å². The van der Waals surface area contributed by atoms with Crippen LogP contribution in [0.1, 0.15) is 41.5 Å². The van der Waals surface area contributed by atoms with Crippen LogP contribution in [0, 0.1) is 18.3 Å². The summed E-state index contributed by atoms with van der Waals surface area (Å²) >= 11 is 1.15. The number of carboxylic acid groups (broad SMARTS) is 1. The van der Waals surface area contributed by atoms with Gasteiger partial charge in [-0.1, -0.05) is 12.1 Å². The molecule has 1 aromatic heterocycles. The molecule has 0 unspecified atom stereocenters. The number of nitrogens with zero attached hydrogens (tertiary/aromatic N) is 2. The van der Waals surface area contributed by atoms with E-state index in [1.165, 1.54) is 18.2 Å². The van der Waals surface area contributed by atoms with E-state index in [-0.39, 0.29) is 27.3 Å². The number of benzene rings is 2. The van der Waals surface area contributed by atoms with Crippen LogP contribution in [0.3, 0.4) is 0 Å². The van der Waals surface area contributed by atoms with Crippen LogP contribution in [0.2, 0.25) is 0 Å². The number of carbonyl (C=O) groups is 4. The van der Waals surface area contributed by atoms with Gasteiger partial charge in [0.25, 0.3) is 17.7 Å². The van der Waals surface area contributed by atoms with Crippen molar-refractivity contribution in [2.45, 2.75) is 6.92 Å². The second kappa shape index (κ2) is 8.80. The normalized spacial score (nSPS) is 12.3. The molecule has 170 valence electrons. The lowest BCUT2D eigenvalue weighted by atomic mass is 10.0. The molecule has 3 aromatic rings. The average molecular weight is 475 g/mol. The first-order valence-electron chi connectivity index (χ1n) is 9.97. The first-order chi connectivity index (χ1) is 16.3. The van der Waals surface area contributed by atoms with E-state index in [2.05, 4.69) is 11.4 Å². The molecule has 0 saturated carbocycles. The summed E-state index contributed by atoms with van der Waals surface area (Å²) in [7, 11) is 1.55. The number of aryl methyl sites for hydroxylation is 1. The quantitative estimate of drug-likeness (QED) is 0.522. The molecule has 10 heteroatoms. The topological polar surface area (TPSA) is 137 Å². The molecule has 2 heterocycles. The van der Waals surface area contributed by atoms with Crippen molar-refractivity contribution in [3.8, 4) is 22.9 Å². The van der Waals surface area contributed by atoms with E-state index in [1.54, 1.807) is 38.3 Å². The molecular formula is C24H17N3O6S. The number of methoxy groups -OCH3 is 1. The molecule has 0 atom stereocenters.